The Labute approximate surface area is 291 Å². The average Bonchev–Trinajstić information content (AvgIpc) is 3.58. The maximum absolute atomic E-state index is 13.4. The molecule has 2 amide bonds. The molecule has 10 nitrogen and oxygen atoms in total. The topological polar surface area (TPSA) is 135 Å². The molecule has 0 spiro atoms. The molecule has 0 saturated carbocycles. The van der Waals surface area contributed by atoms with Gasteiger partial charge in [-0.05, 0) is 48.2 Å². The van der Waals surface area contributed by atoms with E-state index in [4.69, 9.17) is 10.5 Å². The molecule has 0 bridgehead atoms. The molecule has 1 fully saturated rings. The van der Waals surface area contributed by atoms with Crippen LogP contribution in [0.5, 0.6) is 5.88 Å². The minimum absolute atomic E-state index is 0.0667. The number of aromatic nitrogens is 3. The van der Waals surface area contributed by atoms with Crippen LogP contribution in [0.2, 0.25) is 0 Å². The number of hydrogen-bond donors (Lipinski definition) is 3. The number of nitrogens with zero attached hydrogens (tertiary/aromatic N) is 4. The predicted octanol–water partition coefficient (Wildman–Crippen LogP) is 7.48. The quantitative estimate of drug-likeness (QED) is 0.0874. The number of ether oxygens (including phenoxy) is 1. The van der Waals surface area contributed by atoms with Crippen LogP contribution >= 0.6 is 8.58 Å². The predicted molar refractivity (Wildman–Crippen MR) is 190 cm³/mol. The first kappa shape index (κ1) is 39.6. The van der Waals surface area contributed by atoms with E-state index in [1.54, 1.807) is 29.2 Å². The van der Waals surface area contributed by atoms with Crippen molar-refractivity contribution >= 4 is 38.2 Å². The SMILES string of the molecule is CC.CPC(C)C.Nc1ncc(-c2ccc(CNc3ncc(C(F)(F)F)cc3C(=O)Nc3ccc(F)cc3)cc2)nc1OC1CCN(C=O)C1. The van der Waals surface area contributed by atoms with E-state index >= 15 is 0 Å². The number of anilines is 3. The zero-order chi connectivity index (χ0) is 36.8. The van der Waals surface area contributed by atoms with E-state index in [9.17, 15) is 27.2 Å². The van der Waals surface area contributed by atoms with Crippen molar-refractivity contribution in [1.29, 1.82) is 0 Å². The zero-order valence-corrected chi connectivity index (χ0v) is 29.5. The Kier molecular flexibility index (Phi) is 14.9. The molecule has 4 aromatic rings. The van der Waals surface area contributed by atoms with E-state index < -0.39 is 23.5 Å². The lowest BCUT2D eigenvalue weighted by Crippen LogP contribution is -2.24. The molecule has 2 unspecified atom stereocenters. The van der Waals surface area contributed by atoms with Gasteiger partial charge in [-0.25, -0.2) is 19.3 Å². The van der Waals surface area contributed by atoms with Crippen molar-refractivity contribution in [2.45, 2.75) is 58.6 Å². The minimum Gasteiger partial charge on any atom is -0.470 e. The van der Waals surface area contributed by atoms with Gasteiger partial charge in [0.2, 0.25) is 6.41 Å². The number of alkyl halides is 3. The Balaban J connectivity index is 0.000000887. The molecule has 0 radical (unpaired) electrons. The molecule has 0 aliphatic carbocycles. The number of carbonyl (C=O) groups excluding carboxylic acids is 2. The highest BCUT2D eigenvalue weighted by Crippen LogP contribution is 2.31. The Morgan fingerprint density at radius 1 is 1.10 bits per heavy atom. The molecule has 1 aliphatic rings. The van der Waals surface area contributed by atoms with Crippen molar-refractivity contribution in [1.82, 2.24) is 19.9 Å². The van der Waals surface area contributed by atoms with Crippen LogP contribution in [0.4, 0.5) is 34.9 Å². The Morgan fingerprint density at radius 2 is 1.76 bits per heavy atom. The molecule has 3 heterocycles. The van der Waals surface area contributed by atoms with E-state index in [0.29, 0.717) is 43.0 Å². The molecular formula is C35H42F4N7O3P. The number of hydrogen-bond acceptors (Lipinski definition) is 8. The highest BCUT2D eigenvalue weighted by atomic mass is 31.1. The summed E-state index contributed by atoms with van der Waals surface area (Å²) in [4.78, 5) is 38.0. The van der Waals surface area contributed by atoms with Crippen LogP contribution < -0.4 is 21.1 Å². The van der Waals surface area contributed by atoms with E-state index in [0.717, 1.165) is 38.3 Å². The molecule has 4 N–H and O–H groups in total. The smallest absolute Gasteiger partial charge is 0.417 e. The maximum atomic E-state index is 13.4. The first-order valence-electron chi connectivity index (χ1n) is 16.0. The second kappa shape index (κ2) is 18.8. The van der Waals surface area contributed by atoms with Crippen LogP contribution in [-0.4, -0.2) is 63.7 Å². The zero-order valence-electron chi connectivity index (χ0n) is 28.5. The standard InChI is InChI=1S/C29H25F4N7O3.C4H11P.C2H6/c30-20-5-7-21(8-6-20)38-27(42)23-11-19(29(31,32)33)13-37-26(23)36-12-17-1-3-18(4-2-17)24-14-35-25(34)28(39-24)43-22-9-10-40(15-22)16-41;1-4(2)5-3;1-2/h1-8,11,13-14,16,22H,9-10,12,15H2,(H2,34,35)(H,36,37)(H,38,42);4-5H,1-3H3;1-2H3. The lowest BCUT2D eigenvalue weighted by Gasteiger charge is -2.15. The number of carbonyl (C=O) groups is 2. The lowest BCUT2D eigenvalue weighted by molar-refractivity contribution is -0.137. The number of benzene rings is 2. The summed E-state index contributed by atoms with van der Waals surface area (Å²) >= 11 is 0. The molecule has 50 heavy (non-hydrogen) atoms. The van der Waals surface area contributed by atoms with Gasteiger partial charge in [-0.2, -0.15) is 13.2 Å². The van der Waals surface area contributed by atoms with Gasteiger partial charge in [0.1, 0.15) is 17.7 Å². The van der Waals surface area contributed by atoms with Crippen LogP contribution in [0.15, 0.2) is 67.0 Å². The summed E-state index contributed by atoms with van der Waals surface area (Å²) < 4.78 is 59.2. The third-order valence-electron chi connectivity index (χ3n) is 7.22. The average molecular weight is 716 g/mol. The fourth-order valence-corrected chi connectivity index (χ4v) is 4.36. The minimum atomic E-state index is -4.71. The van der Waals surface area contributed by atoms with Gasteiger partial charge in [-0.1, -0.05) is 52.0 Å². The van der Waals surface area contributed by atoms with Gasteiger partial charge < -0.3 is 26.0 Å². The monoisotopic (exact) mass is 715 g/mol. The van der Waals surface area contributed by atoms with E-state index in [-0.39, 0.29) is 41.4 Å². The molecule has 5 rings (SSSR count). The van der Waals surface area contributed by atoms with Crippen molar-refractivity contribution in [2.24, 2.45) is 0 Å². The molecule has 2 aromatic carbocycles. The molecular weight excluding hydrogens is 673 g/mol. The second-order valence-corrected chi connectivity index (χ2v) is 12.9. The van der Waals surface area contributed by atoms with Crippen molar-refractivity contribution in [2.75, 3.05) is 36.1 Å². The van der Waals surface area contributed by atoms with Gasteiger partial charge in [-0.15, -0.1) is 8.58 Å². The molecule has 2 aromatic heterocycles. The number of pyridine rings is 1. The van der Waals surface area contributed by atoms with Crippen LogP contribution in [0, 0.1) is 5.82 Å². The number of nitrogens with one attached hydrogen (secondary N) is 2. The van der Waals surface area contributed by atoms with E-state index in [2.05, 4.69) is 46.1 Å². The summed E-state index contributed by atoms with van der Waals surface area (Å²) in [6.45, 7) is 11.8. The largest absolute Gasteiger partial charge is 0.470 e. The Morgan fingerprint density at radius 3 is 2.34 bits per heavy atom. The third kappa shape index (κ3) is 11.6. The van der Waals surface area contributed by atoms with Crippen LogP contribution in [0.1, 0.15) is 55.6 Å². The summed E-state index contributed by atoms with van der Waals surface area (Å²) in [5.41, 5.74) is 7.57. The normalized spacial score (nSPS) is 14.0. The maximum Gasteiger partial charge on any atom is 0.417 e. The highest BCUT2D eigenvalue weighted by molar-refractivity contribution is 7.37. The van der Waals surface area contributed by atoms with Gasteiger partial charge >= 0.3 is 6.18 Å². The molecule has 15 heteroatoms. The molecule has 268 valence electrons. The Hall–Kier alpha value is -4.84. The van der Waals surface area contributed by atoms with Gasteiger partial charge in [0.15, 0.2) is 5.82 Å². The van der Waals surface area contributed by atoms with Gasteiger partial charge in [0.25, 0.3) is 11.8 Å². The van der Waals surface area contributed by atoms with Crippen molar-refractivity contribution < 1.29 is 31.9 Å². The Bertz CT molecular complexity index is 1690. The van der Waals surface area contributed by atoms with Crippen LogP contribution in [0.25, 0.3) is 11.3 Å². The van der Waals surface area contributed by atoms with E-state index in [1.165, 1.54) is 18.3 Å². The third-order valence-corrected chi connectivity index (χ3v) is 8.37. The van der Waals surface area contributed by atoms with Crippen molar-refractivity contribution in [3.8, 4) is 17.1 Å². The summed E-state index contributed by atoms with van der Waals surface area (Å²) in [5.74, 6) is -1.15. The van der Waals surface area contributed by atoms with Crippen molar-refractivity contribution in [3.63, 3.8) is 0 Å². The summed E-state index contributed by atoms with van der Waals surface area (Å²) in [5, 5.41) is 5.38. The number of rotatable bonds is 10. The van der Waals surface area contributed by atoms with Crippen molar-refractivity contribution in [3.05, 3.63) is 89.5 Å². The molecule has 1 saturated heterocycles. The fourth-order valence-electron chi connectivity index (χ4n) is 4.36. The molecule has 2 atom stereocenters. The summed E-state index contributed by atoms with van der Waals surface area (Å²) in [6.07, 6.45) is -1.40. The number of amides is 2. The summed E-state index contributed by atoms with van der Waals surface area (Å²) in [7, 11) is 1.11. The van der Waals surface area contributed by atoms with Crippen LogP contribution in [0.3, 0.4) is 0 Å². The van der Waals surface area contributed by atoms with Gasteiger partial charge in [0.05, 0.1) is 29.6 Å². The summed E-state index contributed by atoms with van der Waals surface area (Å²) in [6, 6.07) is 12.6. The number of nitrogens with two attached hydrogens (primary N) is 1. The van der Waals surface area contributed by atoms with Gasteiger partial charge in [0, 0.05) is 37.0 Å². The lowest BCUT2D eigenvalue weighted by atomic mass is 10.1. The first-order valence-corrected chi connectivity index (χ1v) is 17.6. The van der Waals surface area contributed by atoms with E-state index in [1.807, 2.05) is 13.8 Å². The molecule has 1 aliphatic heterocycles. The fraction of sp³-hybridized carbons (Fsp3) is 0.343. The van der Waals surface area contributed by atoms with Crippen LogP contribution in [-0.2, 0) is 17.5 Å². The number of halogens is 4. The second-order valence-electron chi connectivity index (χ2n) is 11.1. The van der Waals surface area contributed by atoms with Gasteiger partial charge in [-0.3, -0.25) is 9.59 Å². The number of likely N-dealkylation sites (tertiary alicyclic amines) is 1. The highest BCUT2D eigenvalue weighted by Gasteiger charge is 2.32. The first-order chi connectivity index (χ1) is 23.9. The number of nitrogen functional groups attached to an aromatic ring is 1.